The van der Waals surface area contributed by atoms with Gasteiger partial charge in [-0.2, -0.15) is 5.26 Å². The lowest BCUT2D eigenvalue weighted by Crippen LogP contribution is -2.11. The second-order valence-electron chi connectivity index (χ2n) is 4.22. The van der Waals surface area contributed by atoms with Gasteiger partial charge in [-0.3, -0.25) is 4.79 Å². The molecular formula is C15H7BrCl3NO. The van der Waals surface area contributed by atoms with Gasteiger partial charge in [0.25, 0.3) is 0 Å². The van der Waals surface area contributed by atoms with Gasteiger partial charge >= 0.3 is 0 Å². The van der Waals surface area contributed by atoms with Crippen LogP contribution in [0.3, 0.4) is 0 Å². The molecule has 2 rings (SSSR count). The molecule has 6 heteroatoms. The van der Waals surface area contributed by atoms with Gasteiger partial charge in [-0.15, -0.1) is 0 Å². The third kappa shape index (κ3) is 3.59. The van der Waals surface area contributed by atoms with Crippen molar-refractivity contribution in [3.63, 3.8) is 0 Å². The molecule has 0 spiro atoms. The predicted molar refractivity (Wildman–Crippen MR) is 88.3 cm³/mol. The van der Waals surface area contributed by atoms with E-state index in [9.17, 15) is 10.1 Å². The summed E-state index contributed by atoms with van der Waals surface area (Å²) < 4.78 is 0.679. The highest BCUT2D eigenvalue weighted by Crippen LogP contribution is 2.31. The lowest BCUT2D eigenvalue weighted by Gasteiger charge is -2.11. The zero-order chi connectivity index (χ0) is 15.6. The quantitative estimate of drug-likeness (QED) is 0.599. The SMILES string of the molecule is N#CC(C(=O)c1ccc(Br)c(Cl)c1)c1ccc(Cl)cc1Cl. The summed E-state index contributed by atoms with van der Waals surface area (Å²) in [5, 5.41) is 10.5. The van der Waals surface area contributed by atoms with Gasteiger partial charge in [0.2, 0.25) is 0 Å². The zero-order valence-corrected chi connectivity index (χ0v) is 14.3. The Labute approximate surface area is 145 Å². The normalized spacial score (nSPS) is 11.8. The van der Waals surface area contributed by atoms with E-state index in [0.717, 1.165) is 0 Å². The first kappa shape index (κ1) is 16.3. The molecule has 0 bridgehead atoms. The van der Waals surface area contributed by atoms with Crippen LogP contribution in [-0.2, 0) is 0 Å². The number of ketones is 1. The van der Waals surface area contributed by atoms with Crippen LogP contribution in [0, 0.1) is 11.3 Å². The molecule has 0 N–H and O–H groups in total. The molecule has 0 aliphatic rings. The van der Waals surface area contributed by atoms with Crippen LogP contribution >= 0.6 is 50.7 Å². The Hall–Kier alpha value is -1.05. The van der Waals surface area contributed by atoms with E-state index in [2.05, 4.69) is 15.9 Å². The molecule has 2 aromatic rings. The Kier molecular flexibility index (Phi) is 5.29. The van der Waals surface area contributed by atoms with Crippen molar-refractivity contribution in [2.75, 3.05) is 0 Å². The first-order chi connectivity index (χ1) is 9.93. The highest BCUT2D eigenvalue weighted by atomic mass is 79.9. The largest absolute Gasteiger partial charge is 0.292 e. The summed E-state index contributed by atoms with van der Waals surface area (Å²) in [5.74, 6) is -1.37. The van der Waals surface area contributed by atoms with E-state index >= 15 is 0 Å². The second kappa shape index (κ2) is 6.81. The van der Waals surface area contributed by atoms with Crippen LogP contribution in [0.4, 0.5) is 0 Å². The minimum Gasteiger partial charge on any atom is -0.292 e. The van der Waals surface area contributed by atoms with Crippen LogP contribution in [0.15, 0.2) is 40.9 Å². The molecule has 0 heterocycles. The molecule has 21 heavy (non-hydrogen) atoms. The average Bonchev–Trinajstić information content (AvgIpc) is 2.44. The molecule has 0 aliphatic heterocycles. The van der Waals surface area contributed by atoms with Gasteiger partial charge in [-0.1, -0.05) is 46.9 Å². The molecular weight excluding hydrogens is 396 g/mol. The molecule has 2 nitrogen and oxygen atoms in total. The minimum absolute atomic E-state index is 0.283. The first-order valence-corrected chi connectivity index (χ1v) is 7.70. The highest BCUT2D eigenvalue weighted by molar-refractivity contribution is 9.10. The van der Waals surface area contributed by atoms with Crippen molar-refractivity contribution in [1.82, 2.24) is 0 Å². The van der Waals surface area contributed by atoms with E-state index in [4.69, 9.17) is 34.8 Å². The fourth-order valence-electron chi connectivity index (χ4n) is 1.82. The van der Waals surface area contributed by atoms with Crippen molar-refractivity contribution in [2.45, 2.75) is 5.92 Å². The van der Waals surface area contributed by atoms with Gasteiger partial charge in [0.05, 0.1) is 11.1 Å². The average molecular weight is 403 g/mol. The Bertz CT molecular complexity index is 755. The number of nitrogens with zero attached hydrogens (tertiary/aromatic N) is 1. The molecule has 0 radical (unpaired) electrons. The summed E-state index contributed by atoms with van der Waals surface area (Å²) in [6, 6.07) is 11.4. The maximum Gasteiger partial charge on any atom is 0.184 e. The summed E-state index contributed by atoms with van der Waals surface area (Å²) in [5.41, 5.74) is 0.772. The molecule has 0 saturated carbocycles. The monoisotopic (exact) mass is 401 g/mol. The third-order valence-corrected chi connectivity index (χ3v) is 4.66. The Morgan fingerprint density at radius 1 is 1.10 bits per heavy atom. The maximum atomic E-state index is 12.5. The maximum absolute atomic E-state index is 12.5. The molecule has 1 atom stereocenters. The first-order valence-electron chi connectivity index (χ1n) is 5.78. The van der Waals surface area contributed by atoms with Crippen LogP contribution in [0.5, 0.6) is 0 Å². The van der Waals surface area contributed by atoms with Crippen molar-refractivity contribution >= 4 is 56.5 Å². The number of hydrogen-bond acceptors (Lipinski definition) is 2. The third-order valence-electron chi connectivity index (χ3n) is 2.87. The number of carbonyl (C=O) groups is 1. The van der Waals surface area contributed by atoms with E-state index in [1.807, 2.05) is 6.07 Å². The number of rotatable bonds is 3. The van der Waals surface area contributed by atoms with Crippen LogP contribution < -0.4 is 0 Å². The lowest BCUT2D eigenvalue weighted by atomic mass is 9.92. The van der Waals surface area contributed by atoms with E-state index in [1.165, 1.54) is 12.1 Å². The fraction of sp³-hybridized carbons (Fsp3) is 0.0667. The summed E-state index contributed by atoms with van der Waals surface area (Å²) in [6.45, 7) is 0. The van der Waals surface area contributed by atoms with Gasteiger partial charge in [-0.05, 0) is 45.8 Å². The van der Waals surface area contributed by atoms with Gasteiger partial charge in [0.1, 0.15) is 5.92 Å². The number of halogens is 4. The number of nitriles is 1. The summed E-state index contributed by atoms with van der Waals surface area (Å²) in [6.07, 6.45) is 0. The Morgan fingerprint density at radius 2 is 1.81 bits per heavy atom. The second-order valence-corrected chi connectivity index (χ2v) is 6.33. The van der Waals surface area contributed by atoms with E-state index in [1.54, 1.807) is 24.3 Å². The number of hydrogen-bond donors (Lipinski definition) is 0. The highest BCUT2D eigenvalue weighted by Gasteiger charge is 2.24. The van der Waals surface area contributed by atoms with E-state index < -0.39 is 5.92 Å². The molecule has 1 unspecified atom stereocenters. The fourth-order valence-corrected chi connectivity index (χ4v) is 2.77. The Balaban J connectivity index is 2.43. The summed E-state index contributed by atoms with van der Waals surface area (Å²) in [7, 11) is 0. The zero-order valence-electron chi connectivity index (χ0n) is 10.4. The smallest absolute Gasteiger partial charge is 0.184 e. The molecule has 0 aliphatic carbocycles. The van der Waals surface area contributed by atoms with Crippen molar-refractivity contribution < 1.29 is 4.79 Å². The summed E-state index contributed by atoms with van der Waals surface area (Å²) >= 11 is 21.1. The molecule has 0 saturated heterocycles. The molecule has 0 fully saturated rings. The van der Waals surface area contributed by atoms with Gasteiger partial charge < -0.3 is 0 Å². The van der Waals surface area contributed by atoms with Crippen LogP contribution in [0.25, 0.3) is 0 Å². The van der Waals surface area contributed by atoms with Gasteiger partial charge in [0.15, 0.2) is 5.78 Å². The van der Waals surface area contributed by atoms with Crippen LogP contribution in [0.1, 0.15) is 21.8 Å². The van der Waals surface area contributed by atoms with Crippen LogP contribution in [-0.4, -0.2) is 5.78 Å². The topological polar surface area (TPSA) is 40.9 Å². The molecule has 106 valence electrons. The van der Waals surface area contributed by atoms with Crippen LogP contribution in [0.2, 0.25) is 15.1 Å². The van der Waals surface area contributed by atoms with Gasteiger partial charge in [0, 0.05) is 20.1 Å². The van der Waals surface area contributed by atoms with Crippen molar-refractivity contribution in [2.24, 2.45) is 0 Å². The minimum atomic E-state index is -1.01. The van der Waals surface area contributed by atoms with E-state index in [-0.39, 0.29) is 10.8 Å². The van der Waals surface area contributed by atoms with Crippen molar-refractivity contribution in [3.05, 3.63) is 67.1 Å². The molecule has 0 aromatic heterocycles. The standard InChI is InChI=1S/C15H7BrCl3NO/c16-12-4-1-8(5-14(12)19)15(21)11(7-20)10-3-2-9(17)6-13(10)18/h1-6,11H. The predicted octanol–water partition coefficient (Wildman–Crippen LogP) is 5.90. The number of Topliss-reactive ketones (excluding diaryl/α,β-unsaturated/α-hetero) is 1. The molecule has 2 aromatic carbocycles. The Morgan fingerprint density at radius 3 is 2.38 bits per heavy atom. The van der Waals surface area contributed by atoms with Crippen molar-refractivity contribution in [1.29, 1.82) is 5.26 Å². The van der Waals surface area contributed by atoms with E-state index in [0.29, 0.717) is 25.6 Å². The lowest BCUT2D eigenvalue weighted by molar-refractivity contribution is 0.0979. The van der Waals surface area contributed by atoms with Gasteiger partial charge in [-0.25, -0.2) is 0 Å². The molecule has 0 amide bonds. The summed E-state index contributed by atoms with van der Waals surface area (Å²) in [4.78, 5) is 12.5. The van der Waals surface area contributed by atoms with Crippen molar-refractivity contribution in [3.8, 4) is 6.07 Å². The number of carbonyl (C=O) groups excluding carboxylic acids is 1. The number of benzene rings is 2.